The number of sulfonamides is 1. The van der Waals surface area contributed by atoms with E-state index in [-0.39, 0.29) is 29.8 Å². The van der Waals surface area contributed by atoms with Crippen molar-refractivity contribution in [2.45, 2.75) is 78.5 Å². The number of nitrogens with two attached hydrogens (primary N) is 1. The first-order valence-corrected chi connectivity index (χ1v) is 10.4. The maximum absolute atomic E-state index is 13.2. The van der Waals surface area contributed by atoms with Gasteiger partial charge in [-0.15, -0.1) is 0 Å². The van der Waals surface area contributed by atoms with E-state index in [1.165, 1.54) is 0 Å². The van der Waals surface area contributed by atoms with Crippen LogP contribution in [0.3, 0.4) is 0 Å². The number of hydrogen-bond acceptors (Lipinski definition) is 4. The Kier molecular flexibility index (Phi) is 4.73. The summed E-state index contributed by atoms with van der Waals surface area (Å²) in [6, 6.07) is -0.187. The zero-order valence-corrected chi connectivity index (χ0v) is 16.3. The zero-order valence-electron chi connectivity index (χ0n) is 15.5. The number of nitrogens with zero attached hydrogens (tertiary/aromatic N) is 1. The van der Waals surface area contributed by atoms with Gasteiger partial charge in [0.05, 0.1) is 11.4 Å². The smallest absolute Gasteiger partial charge is 0.215 e. The summed E-state index contributed by atoms with van der Waals surface area (Å²) in [5.74, 6) is 0.339. The van der Waals surface area contributed by atoms with E-state index in [9.17, 15) is 13.5 Å². The third-order valence-corrected chi connectivity index (χ3v) is 9.10. The van der Waals surface area contributed by atoms with Gasteiger partial charge in [-0.05, 0) is 58.3 Å². The standard InChI is InChI=1S/C17H34N2O3S/c1-12(2)19(13(3)4)23(21,22)11-16-8-7-14(15(16,5)6)9-17(16,20)10-18/h12-14,20H,7-11,18H2,1-6H3. The number of aliphatic hydroxyl groups is 1. The third kappa shape index (κ3) is 2.57. The Labute approximate surface area is 141 Å². The quantitative estimate of drug-likeness (QED) is 0.770. The predicted molar refractivity (Wildman–Crippen MR) is 93.5 cm³/mol. The highest BCUT2D eigenvalue weighted by Crippen LogP contribution is 2.70. The SMILES string of the molecule is CC(C)N(C(C)C)S(=O)(=O)CC12CCC(CC1(O)CN)C2(C)C. The summed E-state index contributed by atoms with van der Waals surface area (Å²) in [6.45, 7) is 12.0. The molecule has 136 valence electrons. The van der Waals surface area contributed by atoms with Crippen LogP contribution in [0.15, 0.2) is 0 Å². The van der Waals surface area contributed by atoms with Gasteiger partial charge in [-0.2, -0.15) is 4.31 Å². The van der Waals surface area contributed by atoms with E-state index in [0.29, 0.717) is 12.3 Å². The largest absolute Gasteiger partial charge is 0.388 e. The molecule has 2 fully saturated rings. The Bertz CT molecular complexity index is 550. The Morgan fingerprint density at radius 3 is 2.13 bits per heavy atom. The van der Waals surface area contributed by atoms with Crippen LogP contribution in [0.25, 0.3) is 0 Å². The molecule has 5 nitrogen and oxygen atoms in total. The maximum Gasteiger partial charge on any atom is 0.215 e. The fourth-order valence-corrected chi connectivity index (χ4v) is 8.42. The molecule has 2 bridgehead atoms. The summed E-state index contributed by atoms with van der Waals surface area (Å²) in [4.78, 5) is 0. The second-order valence-electron chi connectivity index (χ2n) is 8.75. The first-order chi connectivity index (χ1) is 10.3. The maximum atomic E-state index is 13.2. The molecule has 2 aliphatic carbocycles. The van der Waals surface area contributed by atoms with Gasteiger partial charge >= 0.3 is 0 Å². The second-order valence-corrected chi connectivity index (χ2v) is 10.6. The molecule has 2 saturated carbocycles. The van der Waals surface area contributed by atoms with E-state index in [0.717, 1.165) is 12.8 Å². The summed E-state index contributed by atoms with van der Waals surface area (Å²) in [6.07, 6.45) is 2.34. The van der Waals surface area contributed by atoms with Crippen LogP contribution in [0.1, 0.15) is 60.8 Å². The fraction of sp³-hybridized carbons (Fsp3) is 1.00. The zero-order chi connectivity index (χ0) is 17.8. The molecule has 0 saturated heterocycles. The highest BCUT2D eigenvalue weighted by Gasteiger charge is 2.71. The van der Waals surface area contributed by atoms with Crippen LogP contribution < -0.4 is 5.73 Å². The average molecular weight is 347 g/mol. The molecule has 2 rings (SSSR count). The molecule has 0 radical (unpaired) electrons. The van der Waals surface area contributed by atoms with Gasteiger partial charge in [0.2, 0.25) is 10.0 Å². The molecule has 3 atom stereocenters. The van der Waals surface area contributed by atoms with Gasteiger partial charge in [0.1, 0.15) is 0 Å². The molecule has 6 heteroatoms. The summed E-state index contributed by atoms with van der Waals surface area (Å²) >= 11 is 0. The highest BCUT2D eigenvalue weighted by molar-refractivity contribution is 7.89. The third-order valence-electron chi connectivity index (χ3n) is 6.75. The minimum Gasteiger partial charge on any atom is -0.388 e. The van der Waals surface area contributed by atoms with E-state index in [4.69, 9.17) is 5.73 Å². The summed E-state index contributed by atoms with van der Waals surface area (Å²) < 4.78 is 28.0. The first kappa shape index (κ1) is 19.2. The first-order valence-electron chi connectivity index (χ1n) is 8.78. The van der Waals surface area contributed by atoms with Crippen molar-refractivity contribution in [2.24, 2.45) is 22.5 Å². The monoisotopic (exact) mass is 346 g/mol. The second kappa shape index (κ2) is 5.68. The summed E-state index contributed by atoms with van der Waals surface area (Å²) in [5.41, 5.74) is 3.97. The normalized spacial score (nSPS) is 36.6. The molecule has 2 aliphatic rings. The average Bonchev–Trinajstić information content (AvgIpc) is 2.69. The number of rotatable bonds is 6. The van der Waals surface area contributed by atoms with E-state index in [1.54, 1.807) is 4.31 Å². The fourth-order valence-electron chi connectivity index (χ4n) is 5.58. The van der Waals surface area contributed by atoms with Gasteiger partial charge in [-0.25, -0.2) is 8.42 Å². The summed E-state index contributed by atoms with van der Waals surface area (Å²) in [7, 11) is -3.48. The molecule has 3 unspecified atom stereocenters. The molecule has 0 aromatic rings. The lowest BCUT2D eigenvalue weighted by molar-refractivity contribution is -0.0799. The topological polar surface area (TPSA) is 83.6 Å². The van der Waals surface area contributed by atoms with Crippen molar-refractivity contribution in [1.29, 1.82) is 0 Å². The molecular weight excluding hydrogens is 312 g/mol. The lowest BCUT2D eigenvalue weighted by atomic mass is 9.64. The molecular formula is C17H34N2O3S. The van der Waals surface area contributed by atoms with Crippen LogP contribution in [0.5, 0.6) is 0 Å². The lowest BCUT2D eigenvalue weighted by Gasteiger charge is -2.48. The van der Waals surface area contributed by atoms with Gasteiger partial charge in [0.25, 0.3) is 0 Å². The van der Waals surface area contributed by atoms with Crippen LogP contribution in [-0.2, 0) is 10.0 Å². The van der Waals surface area contributed by atoms with E-state index < -0.39 is 21.0 Å². The molecule has 0 aromatic carbocycles. The van der Waals surface area contributed by atoms with Crippen LogP contribution >= 0.6 is 0 Å². The Morgan fingerprint density at radius 2 is 1.74 bits per heavy atom. The van der Waals surface area contributed by atoms with Gasteiger partial charge in [0.15, 0.2) is 0 Å². The van der Waals surface area contributed by atoms with Gasteiger partial charge in [-0.3, -0.25) is 0 Å². The Balaban J connectivity index is 2.47. The van der Waals surface area contributed by atoms with Crippen molar-refractivity contribution in [3.8, 4) is 0 Å². The van der Waals surface area contributed by atoms with E-state index in [1.807, 2.05) is 27.7 Å². The minimum atomic E-state index is -3.48. The van der Waals surface area contributed by atoms with Gasteiger partial charge in [0, 0.05) is 24.0 Å². The van der Waals surface area contributed by atoms with Gasteiger partial charge < -0.3 is 10.8 Å². The van der Waals surface area contributed by atoms with Crippen LogP contribution in [0.2, 0.25) is 0 Å². The number of fused-ring (bicyclic) bond motifs is 2. The van der Waals surface area contributed by atoms with Crippen LogP contribution in [0.4, 0.5) is 0 Å². The molecule has 0 aromatic heterocycles. The molecule has 0 amide bonds. The molecule has 0 spiro atoms. The van der Waals surface area contributed by atoms with E-state index in [2.05, 4.69) is 13.8 Å². The molecule has 0 aliphatic heterocycles. The van der Waals surface area contributed by atoms with Crippen molar-refractivity contribution < 1.29 is 13.5 Å². The molecule has 3 N–H and O–H groups in total. The predicted octanol–water partition coefficient (Wildman–Crippen LogP) is 1.95. The van der Waals surface area contributed by atoms with Crippen molar-refractivity contribution in [3.63, 3.8) is 0 Å². The van der Waals surface area contributed by atoms with Crippen LogP contribution in [-0.4, -0.2) is 47.8 Å². The minimum absolute atomic E-state index is 0.00639. The van der Waals surface area contributed by atoms with Crippen LogP contribution in [0, 0.1) is 16.7 Å². The highest BCUT2D eigenvalue weighted by atomic mass is 32.2. The van der Waals surface area contributed by atoms with Crippen molar-refractivity contribution in [1.82, 2.24) is 4.31 Å². The molecule has 23 heavy (non-hydrogen) atoms. The van der Waals surface area contributed by atoms with Crippen molar-refractivity contribution >= 4 is 10.0 Å². The van der Waals surface area contributed by atoms with Gasteiger partial charge in [-0.1, -0.05) is 13.8 Å². The van der Waals surface area contributed by atoms with Crippen molar-refractivity contribution in [3.05, 3.63) is 0 Å². The Hall–Kier alpha value is -0.170. The van der Waals surface area contributed by atoms with E-state index >= 15 is 0 Å². The lowest BCUT2D eigenvalue weighted by Crippen LogP contribution is -2.59. The summed E-state index contributed by atoms with van der Waals surface area (Å²) in [5, 5.41) is 11.2. The molecule has 0 heterocycles. The van der Waals surface area contributed by atoms with Crippen molar-refractivity contribution in [2.75, 3.05) is 12.3 Å². The number of hydrogen-bond donors (Lipinski definition) is 2. The Morgan fingerprint density at radius 1 is 1.22 bits per heavy atom.